The summed E-state index contributed by atoms with van der Waals surface area (Å²) in [6, 6.07) is 0. The smallest absolute Gasteiger partial charge is 0.0732 e. The average Bonchev–Trinajstić information content (AvgIpc) is 2.24. The van der Waals surface area contributed by atoms with E-state index in [4.69, 9.17) is 0 Å². The van der Waals surface area contributed by atoms with Gasteiger partial charge in [-0.1, -0.05) is 39.5 Å². The molecule has 0 rings (SSSR count). The van der Waals surface area contributed by atoms with Crippen LogP contribution >= 0.6 is 22.6 Å². The first kappa shape index (κ1) is 16.4. The normalized spacial score (nSPS) is 14.8. The zero-order valence-electron chi connectivity index (χ0n) is 11.1. The highest BCUT2D eigenvalue weighted by Gasteiger charge is 2.09. The van der Waals surface area contributed by atoms with E-state index >= 15 is 0 Å². The van der Waals surface area contributed by atoms with Crippen LogP contribution in [-0.4, -0.2) is 11.2 Å². The Labute approximate surface area is 115 Å². The van der Waals surface area contributed by atoms with E-state index in [1.165, 1.54) is 47.7 Å². The number of allylic oxidation sites excluding steroid dienone is 1. The molecule has 1 N–H and O–H groups in total. The van der Waals surface area contributed by atoms with E-state index < -0.39 is 0 Å². The van der Waals surface area contributed by atoms with Gasteiger partial charge in [0.2, 0.25) is 0 Å². The van der Waals surface area contributed by atoms with Crippen LogP contribution in [0.1, 0.15) is 72.1 Å². The molecule has 0 amide bonds. The summed E-state index contributed by atoms with van der Waals surface area (Å²) in [6.07, 6.45) is 9.59. The standard InChI is InChI=1S/C14H27IO/c1-4-6-8-9-11-14(15)13(12(3)16)10-7-5-2/h12,16H,4-11H2,1-3H3. The van der Waals surface area contributed by atoms with Gasteiger partial charge in [-0.2, -0.15) is 0 Å². The second kappa shape index (κ2) is 10.6. The predicted octanol–water partition coefficient (Wildman–Crippen LogP) is 5.22. The highest BCUT2D eigenvalue weighted by molar-refractivity contribution is 14.1. The fourth-order valence-corrected chi connectivity index (χ4v) is 2.91. The van der Waals surface area contributed by atoms with Gasteiger partial charge in [0.05, 0.1) is 6.10 Å². The lowest BCUT2D eigenvalue weighted by Gasteiger charge is -2.13. The van der Waals surface area contributed by atoms with Crippen molar-refractivity contribution >= 4 is 22.6 Å². The van der Waals surface area contributed by atoms with Gasteiger partial charge in [0, 0.05) is 0 Å². The Kier molecular flexibility index (Phi) is 10.9. The van der Waals surface area contributed by atoms with E-state index in [0.717, 1.165) is 12.8 Å². The Hall–Kier alpha value is 0.430. The summed E-state index contributed by atoms with van der Waals surface area (Å²) in [4.78, 5) is 0. The highest BCUT2D eigenvalue weighted by Crippen LogP contribution is 2.26. The van der Waals surface area contributed by atoms with Gasteiger partial charge < -0.3 is 5.11 Å². The maximum Gasteiger partial charge on any atom is 0.0732 e. The summed E-state index contributed by atoms with van der Waals surface area (Å²) in [6.45, 7) is 6.34. The monoisotopic (exact) mass is 338 g/mol. The minimum Gasteiger partial charge on any atom is -0.389 e. The number of hydrogen-bond acceptors (Lipinski definition) is 1. The Morgan fingerprint density at radius 3 is 2.12 bits per heavy atom. The van der Waals surface area contributed by atoms with Crippen molar-refractivity contribution in [1.29, 1.82) is 0 Å². The van der Waals surface area contributed by atoms with Gasteiger partial charge >= 0.3 is 0 Å². The van der Waals surface area contributed by atoms with Gasteiger partial charge in [-0.15, -0.1) is 0 Å². The predicted molar refractivity (Wildman–Crippen MR) is 81.0 cm³/mol. The lowest BCUT2D eigenvalue weighted by molar-refractivity contribution is 0.225. The number of rotatable bonds is 9. The van der Waals surface area contributed by atoms with Crippen molar-refractivity contribution in [2.24, 2.45) is 0 Å². The third-order valence-electron chi connectivity index (χ3n) is 2.90. The van der Waals surface area contributed by atoms with Gasteiger partial charge in [-0.05, 0) is 64.4 Å². The molecule has 0 aromatic carbocycles. The van der Waals surface area contributed by atoms with E-state index in [-0.39, 0.29) is 6.10 Å². The largest absolute Gasteiger partial charge is 0.389 e. The lowest BCUT2D eigenvalue weighted by atomic mass is 10.0. The van der Waals surface area contributed by atoms with Gasteiger partial charge in [0.25, 0.3) is 0 Å². The first-order valence-corrected chi connectivity index (χ1v) is 7.76. The molecule has 0 bridgehead atoms. The van der Waals surface area contributed by atoms with Crippen LogP contribution < -0.4 is 0 Å². The minimum absolute atomic E-state index is 0.260. The van der Waals surface area contributed by atoms with Crippen LogP contribution in [0.25, 0.3) is 0 Å². The second-order valence-electron chi connectivity index (χ2n) is 4.52. The summed E-state index contributed by atoms with van der Waals surface area (Å²) in [5.41, 5.74) is 1.28. The third-order valence-corrected chi connectivity index (χ3v) is 4.13. The zero-order chi connectivity index (χ0) is 12.4. The van der Waals surface area contributed by atoms with Crippen molar-refractivity contribution in [2.75, 3.05) is 0 Å². The van der Waals surface area contributed by atoms with Crippen molar-refractivity contribution < 1.29 is 5.11 Å². The van der Waals surface area contributed by atoms with E-state index in [0.29, 0.717) is 0 Å². The van der Waals surface area contributed by atoms with Crippen LogP contribution in [-0.2, 0) is 0 Å². The summed E-state index contributed by atoms with van der Waals surface area (Å²) in [7, 11) is 0. The quantitative estimate of drug-likeness (QED) is 0.452. The molecule has 0 saturated carbocycles. The van der Waals surface area contributed by atoms with Crippen molar-refractivity contribution in [2.45, 2.75) is 78.2 Å². The van der Waals surface area contributed by atoms with Gasteiger partial charge in [-0.3, -0.25) is 0 Å². The van der Waals surface area contributed by atoms with Crippen molar-refractivity contribution in [3.8, 4) is 0 Å². The van der Waals surface area contributed by atoms with Crippen molar-refractivity contribution in [1.82, 2.24) is 0 Å². The Balaban J connectivity index is 4.11. The van der Waals surface area contributed by atoms with E-state index in [1.807, 2.05) is 6.92 Å². The van der Waals surface area contributed by atoms with Gasteiger partial charge in [0.1, 0.15) is 0 Å². The molecule has 0 saturated heterocycles. The molecule has 1 nitrogen and oxygen atoms in total. The summed E-state index contributed by atoms with van der Waals surface area (Å²) >= 11 is 2.43. The summed E-state index contributed by atoms with van der Waals surface area (Å²) < 4.78 is 1.40. The fraction of sp³-hybridized carbons (Fsp3) is 0.857. The molecule has 96 valence electrons. The SMILES string of the molecule is CCCCCCC(I)=C(CCCC)C(C)O. The molecule has 1 atom stereocenters. The van der Waals surface area contributed by atoms with Crippen LogP contribution in [0.3, 0.4) is 0 Å². The molecule has 1 unspecified atom stereocenters. The van der Waals surface area contributed by atoms with E-state index in [2.05, 4.69) is 36.4 Å². The zero-order valence-corrected chi connectivity index (χ0v) is 13.2. The fourth-order valence-electron chi connectivity index (χ4n) is 1.81. The lowest BCUT2D eigenvalue weighted by Crippen LogP contribution is -2.06. The molecule has 0 fully saturated rings. The molecular formula is C14H27IO. The van der Waals surface area contributed by atoms with E-state index in [9.17, 15) is 5.11 Å². The van der Waals surface area contributed by atoms with Crippen molar-refractivity contribution in [3.63, 3.8) is 0 Å². The Bertz CT molecular complexity index is 197. The number of unbranched alkanes of at least 4 members (excludes halogenated alkanes) is 4. The number of halogens is 1. The third kappa shape index (κ3) is 7.66. The molecule has 2 heteroatoms. The first-order chi connectivity index (χ1) is 7.63. The van der Waals surface area contributed by atoms with E-state index in [1.54, 1.807) is 0 Å². The molecule has 16 heavy (non-hydrogen) atoms. The molecular weight excluding hydrogens is 311 g/mol. The topological polar surface area (TPSA) is 20.2 Å². The van der Waals surface area contributed by atoms with Crippen molar-refractivity contribution in [3.05, 3.63) is 9.15 Å². The molecule has 0 aromatic heterocycles. The van der Waals surface area contributed by atoms with Crippen LogP contribution in [0.15, 0.2) is 9.15 Å². The number of hydrogen-bond donors (Lipinski definition) is 1. The first-order valence-electron chi connectivity index (χ1n) is 6.68. The molecule has 0 aliphatic carbocycles. The molecule has 0 aromatic rings. The Morgan fingerprint density at radius 1 is 1.00 bits per heavy atom. The van der Waals surface area contributed by atoms with Gasteiger partial charge in [0.15, 0.2) is 0 Å². The highest BCUT2D eigenvalue weighted by atomic mass is 127. The molecule has 0 aliphatic rings. The van der Waals surface area contributed by atoms with Crippen LogP contribution in [0.4, 0.5) is 0 Å². The molecule has 0 aliphatic heterocycles. The molecule has 0 heterocycles. The maximum absolute atomic E-state index is 9.75. The second-order valence-corrected chi connectivity index (χ2v) is 5.82. The molecule has 0 spiro atoms. The number of aliphatic hydroxyl groups excluding tert-OH is 1. The van der Waals surface area contributed by atoms with Crippen LogP contribution in [0.2, 0.25) is 0 Å². The van der Waals surface area contributed by atoms with Gasteiger partial charge in [-0.25, -0.2) is 0 Å². The summed E-state index contributed by atoms with van der Waals surface area (Å²) in [5, 5.41) is 9.75. The minimum atomic E-state index is -0.260. The Morgan fingerprint density at radius 2 is 1.62 bits per heavy atom. The number of aliphatic hydroxyl groups is 1. The van der Waals surface area contributed by atoms with Crippen LogP contribution in [0.5, 0.6) is 0 Å². The maximum atomic E-state index is 9.75. The summed E-state index contributed by atoms with van der Waals surface area (Å²) in [5.74, 6) is 0. The average molecular weight is 338 g/mol. The molecule has 0 radical (unpaired) electrons. The van der Waals surface area contributed by atoms with Crippen LogP contribution in [0, 0.1) is 0 Å².